The van der Waals surface area contributed by atoms with Crippen LogP contribution < -0.4 is 9.64 Å². The first kappa shape index (κ1) is 16.1. The zero-order valence-corrected chi connectivity index (χ0v) is 13.7. The van der Waals surface area contributed by atoms with E-state index >= 15 is 0 Å². The highest BCUT2D eigenvalue weighted by molar-refractivity contribution is 6.00. The molecule has 124 valence electrons. The lowest BCUT2D eigenvalue weighted by atomic mass is 10.2. The Bertz CT molecular complexity index is 771. The number of anilines is 1. The maximum atomic E-state index is 12.6. The predicted molar refractivity (Wildman–Crippen MR) is 90.4 cm³/mol. The number of methoxy groups -OCH3 is 1. The Morgan fingerprint density at radius 2 is 1.92 bits per heavy atom. The van der Waals surface area contributed by atoms with Crippen LogP contribution in [0.3, 0.4) is 0 Å². The van der Waals surface area contributed by atoms with Crippen molar-refractivity contribution < 1.29 is 19.1 Å². The number of rotatable bonds is 4. The molecule has 2 aromatic rings. The monoisotopic (exact) mass is 325 g/mol. The van der Waals surface area contributed by atoms with Crippen molar-refractivity contribution in [2.24, 2.45) is 0 Å². The van der Waals surface area contributed by atoms with Crippen LogP contribution in [0.5, 0.6) is 5.75 Å². The molecular weight excluding hydrogens is 306 g/mol. The van der Waals surface area contributed by atoms with E-state index in [9.17, 15) is 9.59 Å². The lowest BCUT2D eigenvalue weighted by molar-refractivity contribution is -0.126. The van der Waals surface area contributed by atoms with Crippen LogP contribution in [0.15, 0.2) is 48.5 Å². The summed E-state index contributed by atoms with van der Waals surface area (Å²) in [5.41, 5.74) is 2.39. The molecule has 0 radical (unpaired) electrons. The van der Waals surface area contributed by atoms with Gasteiger partial charge in [-0.3, -0.25) is 4.79 Å². The molecule has 3 rings (SSSR count). The maximum Gasteiger partial charge on any atom is 0.339 e. The van der Waals surface area contributed by atoms with Gasteiger partial charge in [-0.25, -0.2) is 4.79 Å². The van der Waals surface area contributed by atoms with Crippen molar-refractivity contribution in [1.82, 2.24) is 0 Å². The van der Waals surface area contributed by atoms with Gasteiger partial charge in [-0.15, -0.1) is 0 Å². The molecule has 24 heavy (non-hydrogen) atoms. The van der Waals surface area contributed by atoms with E-state index in [1.807, 2.05) is 24.3 Å². The van der Waals surface area contributed by atoms with Gasteiger partial charge in [0.2, 0.25) is 0 Å². The van der Waals surface area contributed by atoms with Gasteiger partial charge >= 0.3 is 5.97 Å². The fraction of sp³-hybridized carbons (Fsp3) is 0.263. The predicted octanol–water partition coefficient (Wildman–Crippen LogP) is 2.83. The highest BCUT2D eigenvalue weighted by Crippen LogP contribution is 2.28. The third-order valence-corrected chi connectivity index (χ3v) is 4.09. The molecule has 5 heteroatoms. The van der Waals surface area contributed by atoms with Gasteiger partial charge in [0.25, 0.3) is 5.91 Å². The van der Waals surface area contributed by atoms with Gasteiger partial charge < -0.3 is 14.4 Å². The number of carbonyl (C=O) groups excluding carboxylic acids is 2. The van der Waals surface area contributed by atoms with Crippen LogP contribution >= 0.6 is 0 Å². The highest BCUT2D eigenvalue weighted by Gasteiger charge is 2.29. The van der Waals surface area contributed by atoms with E-state index in [1.165, 1.54) is 7.11 Å². The SMILES string of the molecule is COc1cccc(C(=O)OC(C)C(=O)N2CCc3ccccc32)c1. The molecule has 0 bridgehead atoms. The van der Waals surface area contributed by atoms with Crippen molar-refractivity contribution in [1.29, 1.82) is 0 Å². The number of esters is 1. The number of hydrogen-bond acceptors (Lipinski definition) is 4. The summed E-state index contributed by atoms with van der Waals surface area (Å²) in [5, 5.41) is 0. The quantitative estimate of drug-likeness (QED) is 0.811. The van der Waals surface area contributed by atoms with Crippen molar-refractivity contribution in [3.63, 3.8) is 0 Å². The van der Waals surface area contributed by atoms with Gasteiger partial charge in [-0.05, 0) is 43.2 Å². The van der Waals surface area contributed by atoms with Gasteiger partial charge in [0.1, 0.15) is 5.75 Å². The summed E-state index contributed by atoms with van der Waals surface area (Å²) < 4.78 is 10.4. The Balaban J connectivity index is 1.69. The number of carbonyl (C=O) groups is 2. The molecule has 0 aromatic heterocycles. The van der Waals surface area contributed by atoms with Crippen molar-refractivity contribution in [2.75, 3.05) is 18.6 Å². The molecule has 0 saturated carbocycles. The fourth-order valence-electron chi connectivity index (χ4n) is 2.82. The molecule has 5 nitrogen and oxygen atoms in total. The zero-order valence-electron chi connectivity index (χ0n) is 13.7. The number of fused-ring (bicyclic) bond motifs is 1. The second kappa shape index (κ2) is 6.74. The third-order valence-electron chi connectivity index (χ3n) is 4.09. The molecule has 1 atom stereocenters. The van der Waals surface area contributed by atoms with E-state index in [0.29, 0.717) is 17.9 Å². The molecule has 0 aliphatic carbocycles. The molecular formula is C19H19NO4. The van der Waals surface area contributed by atoms with Crippen LogP contribution in [-0.2, 0) is 16.0 Å². The lowest BCUT2D eigenvalue weighted by Crippen LogP contribution is -2.39. The molecule has 1 amide bonds. The number of nitrogens with zero attached hydrogens (tertiary/aromatic N) is 1. The summed E-state index contributed by atoms with van der Waals surface area (Å²) in [6.07, 6.45) is -0.0341. The number of benzene rings is 2. The van der Waals surface area contributed by atoms with Crippen molar-refractivity contribution in [2.45, 2.75) is 19.4 Å². The second-order valence-corrected chi connectivity index (χ2v) is 5.65. The first-order valence-corrected chi connectivity index (χ1v) is 7.84. The van der Waals surface area contributed by atoms with E-state index in [4.69, 9.17) is 9.47 Å². The Morgan fingerprint density at radius 3 is 2.71 bits per heavy atom. The number of hydrogen-bond donors (Lipinski definition) is 0. The van der Waals surface area contributed by atoms with E-state index in [0.717, 1.165) is 17.7 Å². The first-order chi connectivity index (χ1) is 11.6. The molecule has 2 aromatic carbocycles. The molecule has 1 aliphatic rings. The Kier molecular flexibility index (Phi) is 4.51. The minimum atomic E-state index is -0.852. The fourth-order valence-corrected chi connectivity index (χ4v) is 2.82. The molecule has 1 aliphatic heterocycles. The molecule has 1 heterocycles. The zero-order chi connectivity index (χ0) is 17.1. The van der Waals surface area contributed by atoms with Crippen LogP contribution in [-0.4, -0.2) is 31.6 Å². The molecule has 0 fully saturated rings. The Hall–Kier alpha value is -2.82. The van der Waals surface area contributed by atoms with Gasteiger partial charge in [0, 0.05) is 12.2 Å². The van der Waals surface area contributed by atoms with Gasteiger partial charge in [-0.1, -0.05) is 24.3 Å². The van der Waals surface area contributed by atoms with Crippen molar-refractivity contribution in [3.8, 4) is 5.75 Å². The average Bonchev–Trinajstić information content (AvgIpc) is 3.05. The number of amides is 1. The van der Waals surface area contributed by atoms with Crippen LogP contribution in [0.4, 0.5) is 5.69 Å². The van der Waals surface area contributed by atoms with Crippen molar-refractivity contribution >= 4 is 17.6 Å². The lowest BCUT2D eigenvalue weighted by Gasteiger charge is -2.21. The van der Waals surface area contributed by atoms with Crippen LogP contribution in [0.1, 0.15) is 22.8 Å². The highest BCUT2D eigenvalue weighted by atomic mass is 16.5. The van der Waals surface area contributed by atoms with Crippen LogP contribution in [0.2, 0.25) is 0 Å². The standard InChI is InChI=1S/C19H19NO4/c1-13(24-19(22)15-7-5-8-16(12-15)23-2)18(21)20-11-10-14-6-3-4-9-17(14)20/h3-9,12-13H,10-11H2,1-2H3. The topological polar surface area (TPSA) is 55.8 Å². The van der Waals surface area contributed by atoms with Gasteiger partial charge in [-0.2, -0.15) is 0 Å². The Morgan fingerprint density at radius 1 is 1.12 bits per heavy atom. The minimum absolute atomic E-state index is 0.212. The smallest absolute Gasteiger partial charge is 0.339 e. The first-order valence-electron chi connectivity index (χ1n) is 7.84. The summed E-state index contributed by atoms with van der Waals surface area (Å²) >= 11 is 0. The summed E-state index contributed by atoms with van der Waals surface area (Å²) in [6.45, 7) is 2.21. The summed E-state index contributed by atoms with van der Waals surface area (Å²) in [5.74, 6) is -0.185. The van der Waals surface area contributed by atoms with Crippen molar-refractivity contribution in [3.05, 3.63) is 59.7 Å². The summed E-state index contributed by atoms with van der Waals surface area (Å²) in [6, 6.07) is 14.5. The van der Waals surface area contributed by atoms with E-state index in [1.54, 1.807) is 36.1 Å². The van der Waals surface area contributed by atoms with Crippen LogP contribution in [0.25, 0.3) is 0 Å². The molecule has 1 unspecified atom stereocenters. The minimum Gasteiger partial charge on any atom is -0.497 e. The number of ether oxygens (including phenoxy) is 2. The van der Waals surface area contributed by atoms with Gasteiger partial charge in [0.05, 0.1) is 12.7 Å². The molecule has 0 N–H and O–H groups in total. The largest absolute Gasteiger partial charge is 0.497 e. The Labute approximate surface area is 140 Å². The van der Waals surface area contributed by atoms with E-state index in [2.05, 4.69) is 0 Å². The van der Waals surface area contributed by atoms with E-state index < -0.39 is 12.1 Å². The van der Waals surface area contributed by atoms with Crippen LogP contribution in [0, 0.1) is 0 Å². The average molecular weight is 325 g/mol. The second-order valence-electron chi connectivity index (χ2n) is 5.65. The van der Waals surface area contributed by atoms with Gasteiger partial charge in [0.15, 0.2) is 6.10 Å². The molecule has 0 spiro atoms. The third kappa shape index (κ3) is 3.11. The normalized spacial score (nSPS) is 14.0. The number of para-hydroxylation sites is 1. The van der Waals surface area contributed by atoms with E-state index in [-0.39, 0.29) is 5.91 Å². The molecule has 0 saturated heterocycles. The maximum absolute atomic E-state index is 12.6. The summed E-state index contributed by atoms with van der Waals surface area (Å²) in [4.78, 5) is 26.5. The summed E-state index contributed by atoms with van der Waals surface area (Å²) in [7, 11) is 1.53.